The molecular weight excluding hydrogens is 759 g/mol. The Balaban J connectivity index is -0.000000344. The number of carbonyl (C=O) groups excluding carboxylic acids is 3. The topological polar surface area (TPSA) is 168 Å². The number of benzene rings is 3. The summed E-state index contributed by atoms with van der Waals surface area (Å²) in [6, 6.07) is 11.6. The highest BCUT2D eigenvalue weighted by Crippen LogP contribution is 2.35. The lowest BCUT2D eigenvalue weighted by atomic mass is 10.0. The van der Waals surface area contributed by atoms with Gasteiger partial charge in [0.2, 0.25) is 0 Å². The fourth-order valence-electron chi connectivity index (χ4n) is 4.41. The average Bonchev–Trinajstić information content (AvgIpc) is 3.13. The van der Waals surface area contributed by atoms with E-state index in [9.17, 15) is 22.8 Å². The summed E-state index contributed by atoms with van der Waals surface area (Å²) < 4.78 is 67.4. The van der Waals surface area contributed by atoms with Gasteiger partial charge >= 0.3 is 17.9 Å². The lowest BCUT2D eigenvalue weighted by Gasteiger charge is -2.13. The van der Waals surface area contributed by atoms with E-state index in [0.29, 0.717) is 28.7 Å². The molecule has 0 aromatic heterocycles. The predicted molar refractivity (Wildman–Crippen MR) is 214 cm³/mol. The summed E-state index contributed by atoms with van der Waals surface area (Å²) in [6.45, 7) is 2.03. The molecule has 309 valence electrons. The predicted octanol–water partition coefficient (Wildman–Crippen LogP) is 6.28. The summed E-state index contributed by atoms with van der Waals surface area (Å²) in [5.41, 5.74) is 2.99. The first-order valence-electron chi connectivity index (χ1n) is 15.0. The van der Waals surface area contributed by atoms with Crippen molar-refractivity contribution in [3.8, 4) is 34.5 Å². The number of rotatable bonds is 14. The van der Waals surface area contributed by atoms with E-state index in [2.05, 4.69) is 14.2 Å². The minimum atomic E-state index is -4.02. The fourth-order valence-corrected chi connectivity index (χ4v) is 5.53. The van der Waals surface area contributed by atoms with Gasteiger partial charge in [-0.15, -0.1) is 0 Å². The maximum absolute atomic E-state index is 11.5. The molecule has 0 aliphatic heterocycles. The van der Waals surface area contributed by atoms with Gasteiger partial charge in [-0.1, -0.05) is 35.3 Å². The number of halogens is 1. The van der Waals surface area contributed by atoms with Crippen LogP contribution in [0.1, 0.15) is 51.5 Å². The molecule has 0 amide bonds. The monoisotopic (exact) mass is 815 g/mol. The van der Waals surface area contributed by atoms with Crippen LogP contribution in [0.2, 0.25) is 0 Å². The van der Waals surface area contributed by atoms with Gasteiger partial charge in [0.25, 0.3) is 9.05 Å². The van der Waals surface area contributed by atoms with Crippen LogP contribution in [-0.2, 0) is 63.3 Å². The van der Waals surface area contributed by atoms with Crippen molar-refractivity contribution in [2.24, 2.45) is 0 Å². The summed E-state index contributed by atoms with van der Waals surface area (Å²) in [5.74, 6) is 1.94. The maximum atomic E-state index is 11.5. The van der Waals surface area contributed by atoms with Crippen molar-refractivity contribution in [1.29, 1.82) is 0 Å². The van der Waals surface area contributed by atoms with Crippen LogP contribution < -0.4 is 28.4 Å². The van der Waals surface area contributed by atoms with Gasteiger partial charge in [0.15, 0.2) is 34.5 Å². The van der Waals surface area contributed by atoms with Crippen LogP contribution in [-0.4, -0.2) is 98.7 Å². The van der Waals surface area contributed by atoms with Gasteiger partial charge in [-0.25, -0.2) is 8.42 Å². The zero-order valence-corrected chi connectivity index (χ0v) is 32.5. The van der Waals surface area contributed by atoms with E-state index in [4.69, 9.17) is 39.1 Å². The van der Waals surface area contributed by atoms with Crippen LogP contribution in [0, 0.1) is 0 Å². The highest BCUT2D eigenvalue weighted by atomic mass is 35.7. The Morgan fingerprint density at radius 3 is 1.24 bits per heavy atom. The van der Waals surface area contributed by atoms with Crippen LogP contribution in [0.25, 0.3) is 0 Å². The Morgan fingerprint density at radius 2 is 0.855 bits per heavy atom. The zero-order valence-electron chi connectivity index (χ0n) is 30.9. The minimum Gasteiger partial charge on any atom is -0.493 e. The second-order valence-corrected chi connectivity index (χ2v) is 12.6. The van der Waals surface area contributed by atoms with Gasteiger partial charge in [0.05, 0.1) is 88.1 Å². The summed E-state index contributed by atoms with van der Waals surface area (Å²) in [6.07, 6.45) is 1.07. The molecule has 3 radical (unpaired) electrons. The summed E-state index contributed by atoms with van der Waals surface area (Å²) >= 11 is 0. The number of carbonyl (C=O) groups is 3. The lowest BCUT2D eigenvalue weighted by Crippen LogP contribution is -2.09. The Labute approximate surface area is 333 Å². The molecule has 0 N–H and O–H groups in total. The van der Waals surface area contributed by atoms with Crippen LogP contribution in [0.4, 0.5) is 0 Å². The number of ether oxygens (including phenoxy) is 9. The first-order valence-corrected chi connectivity index (χ1v) is 17.4. The molecule has 0 aliphatic rings. The Kier molecular flexibility index (Phi) is 29.6. The Bertz CT molecular complexity index is 1730. The van der Waals surface area contributed by atoms with Gasteiger partial charge in [0.1, 0.15) is 0 Å². The van der Waals surface area contributed by atoms with Crippen LogP contribution in [0.15, 0.2) is 47.4 Å². The molecule has 55 heavy (non-hydrogen) atoms. The van der Waals surface area contributed by atoms with E-state index in [-0.39, 0.29) is 78.1 Å². The molecule has 0 heterocycles. The molecule has 3 aromatic rings. The number of hydrogen-bond acceptors (Lipinski definition) is 14. The average molecular weight is 816 g/mol. The fraction of sp³-hybridized carbons (Fsp3) is 0.447. The van der Waals surface area contributed by atoms with Crippen molar-refractivity contribution in [2.75, 3.05) is 64.0 Å². The van der Waals surface area contributed by atoms with Gasteiger partial charge < -0.3 is 42.6 Å². The first kappa shape index (κ1) is 56.9. The van der Waals surface area contributed by atoms with Crippen molar-refractivity contribution in [2.45, 2.75) is 59.8 Å². The van der Waals surface area contributed by atoms with Crippen molar-refractivity contribution in [1.82, 2.24) is 0 Å². The zero-order chi connectivity index (χ0) is 38.7. The van der Waals surface area contributed by atoms with Crippen molar-refractivity contribution in [3.63, 3.8) is 0 Å². The largest absolute Gasteiger partial charge is 0.493 e. The molecular formula is C38H57BClO14S. The SMILES string of the molecule is C.C.C.CCc1cc(OC)c(OC)cc1CC(=O)OC.COC(=O)Cc1cc(OC)c(OC)cc1S(=O)(=O)Cl.COC(=O)Cc1ccc(OC)c(OC)c1.[B]. The quantitative estimate of drug-likeness (QED) is 0.0772. The molecule has 0 aliphatic carbocycles. The smallest absolute Gasteiger partial charge is 0.310 e. The molecule has 0 spiro atoms. The second kappa shape index (κ2) is 28.6. The number of esters is 3. The van der Waals surface area contributed by atoms with Gasteiger partial charge in [-0.05, 0) is 59.0 Å². The van der Waals surface area contributed by atoms with E-state index >= 15 is 0 Å². The number of methoxy groups -OCH3 is 9. The van der Waals surface area contributed by atoms with Crippen molar-refractivity contribution < 1.29 is 65.4 Å². The van der Waals surface area contributed by atoms with Gasteiger partial charge in [-0.2, -0.15) is 0 Å². The summed E-state index contributed by atoms with van der Waals surface area (Å²) in [4.78, 5) is 33.4. The third-order valence-electron chi connectivity index (χ3n) is 7.07. The molecule has 0 saturated carbocycles. The molecule has 3 aromatic carbocycles. The summed E-state index contributed by atoms with van der Waals surface area (Å²) in [5, 5.41) is 0. The van der Waals surface area contributed by atoms with Crippen molar-refractivity contribution in [3.05, 3.63) is 64.7 Å². The molecule has 17 heteroatoms. The third-order valence-corrected chi connectivity index (χ3v) is 8.47. The molecule has 0 fully saturated rings. The first-order chi connectivity index (χ1) is 24.2. The Hall–Kier alpha value is -4.83. The standard InChI is InChI=1S/C13H18O4.C11H13ClO6S.C11H14O4.3CH4.B/c1-5-9-6-11(15-2)12(16-3)7-10(9)8-13(14)17-4;1-16-8-4-7(5-11(13)18-3)10(19(12,14)15)6-9(8)17-2;1-13-9-5-4-8(6-10(9)14-2)7-11(12)15-3;;;;/h6-7H,5,8H2,1-4H3;4,6H,5H2,1-3H3;4-6H,7H2,1-3H3;3*1H4;. The van der Waals surface area contributed by atoms with Gasteiger partial charge in [-0.3, -0.25) is 14.4 Å². The van der Waals surface area contributed by atoms with E-state index in [1.54, 1.807) is 46.6 Å². The second-order valence-electron chi connectivity index (χ2n) is 10.0. The maximum Gasteiger partial charge on any atom is 0.310 e. The molecule has 3 rings (SSSR count). The van der Waals surface area contributed by atoms with E-state index in [1.807, 2.05) is 19.1 Å². The lowest BCUT2D eigenvalue weighted by molar-refractivity contribution is -0.140. The number of hydrogen-bond donors (Lipinski definition) is 0. The van der Waals surface area contributed by atoms with Crippen LogP contribution in [0.5, 0.6) is 34.5 Å². The normalized spacial score (nSPS) is 9.44. The van der Waals surface area contributed by atoms with E-state index in [0.717, 1.165) is 23.1 Å². The molecule has 14 nitrogen and oxygen atoms in total. The van der Waals surface area contributed by atoms with E-state index in [1.165, 1.54) is 47.7 Å². The van der Waals surface area contributed by atoms with Gasteiger partial charge in [0, 0.05) is 25.2 Å². The molecule has 0 unspecified atom stereocenters. The molecule has 0 bridgehead atoms. The molecule has 0 saturated heterocycles. The third kappa shape index (κ3) is 17.9. The van der Waals surface area contributed by atoms with E-state index < -0.39 is 15.0 Å². The number of aryl methyl sites for hydroxylation is 1. The summed E-state index contributed by atoms with van der Waals surface area (Å²) in [7, 11) is 14.3. The highest BCUT2D eigenvalue weighted by molar-refractivity contribution is 8.13. The Morgan fingerprint density at radius 1 is 0.509 bits per heavy atom. The van der Waals surface area contributed by atoms with Crippen LogP contribution >= 0.6 is 10.7 Å². The highest BCUT2D eigenvalue weighted by Gasteiger charge is 2.22. The molecule has 0 atom stereocenters. The minimum absolute atomic E-state index is 0. The van der Waals surface area contributed by atoms with Crippen LogP contribution in [0.3, 0.4) is 0 Å². The van der Waals surface area contributed by atoms with Crippen molar-refractivity contribution >= 4 is 46.1 Å².